The molecule has 2 aliphatic heterocycles. The van der Waals surface area contributed by atoms with Crippen molar-refractivity contribution >= 4 is 0 Å². The van der Waals surface area contributed by atoms with Crippen LogP contribution < -0.4 is 5.73 Å². The Bertz CT molecular complexity index is 319. The van der Waals surface area contributed by atoms with Gasteiger partial charge in [0.15, 0.2) is 0 Å². The van der Waals surface area contributed by atoms with Gasteiger partial charge in [-0.3, -0.25) is 4.90 Å². The first-order valence-electron chi connectivity index (χ1n) is 9.34. The molecule has 23 heavy (non-hydrogen) atoms. The van der Waals surface area contributed by atoms with Gasteiger partial charge >= 0.3 is 0 Å². The second-order valence-corrected chi connectivity index (χ2v) is 7.87. The summed E-state index contributed by atoms with van der Waals surface area (Å²) in [4.78, 5) is 7.02. The van der Waals surface area contributed by atoms with Crippen molar-refractivity contribution in [2.24, 2.45) is 11.1 Å². The second-order valence-electron chi connectivity index (χ2n) is 7.87. The maximum Gasteiger partial charge on any atom is 0.126 e. The second kappa shape index (κ2) is 9.30. The predicted octanol–water partition coefficient (Wildman–Crippen LogP) is 2.05. The summed E-state index contributed by atoms with van der Waals surface area (Å²) >= 11 is 0. The number of nitrogens with two attached hydrogens (primary N) is 1. The summed E-state index contributed by atoms with van der Waals surface area (Å²) < 4.78 is 14.9. The van der Waals surface area contributed by atoms with Crippen LogP contribution in [0.2, 0.25) is 0 Å². The van der Waals surface area contributed by atoms with E-state index in [2.05, 4.69) is 35.6 Å². The van der Waals surface area contributed by atoms with Gasteiger partial charge < -0.3 is 15.5 Å². The van der Waals surface area contributed by atoms with E-state index >= 15 is 0 Å². The van der Waals surface area contributed by atoms with Crippen molar-refractivity contribution in [3.63, 3.8) is 0 Å². The number of piperazine rings is 1. The average Bonchev–Trinajstić information content (AvgIpc) is 2.54. The van der Waals surface area contributed by atoms with Crippen LogP contribution in [-0.4, -0.2) is 86.3 Å². The zero-order valence-electron chi connectivity index (χ0n) is 16.1. The summed E-state index contributed by atoms with van der Waals surface area (Å²) in [6, 6.07) is 0. The van der Waals surface area contributed by atoms with Gasteiger partial charge in [-0.2, -0.15) is 0 Å². The molecule has 5 heteroatoms. The molecule has 0 aromatic carbocycles. The van der Waals surface area contributed by atoms with Crippen LogP contribution in [0.15, 0.2) is 0 Å². The SMILES string of the molecule is CC.CN1CCC(F)(CN2CCN(CC(C)(C)CN)CC2)CC1. The van der Waals surface area contributed by atoms with Crippen LogP contribution in [-0.2, 0) is 0 Å². The van der Waals surface area contributed by atoms with Crippen molar-refractivity contribution < 1.29 is 4.39 Å². The first-order chi connectivity index (χ1) is 10.8. The lowest BCUT2D eigenvalue weighted by Crippen LogP contribution is -2.54. The fourth-order valence-corrected chi connectivity index (χ4v) is 3.35. The van der Waals surface area contributed by atoms with E-state index < -0.39 is 5.67 Å². The third-order valence-electron chi connectivity index (χ3n) is 5.06. The third kappa shape index (κ3) is 7.04. The van der Waals surface area contributed by atoms with E-state index in [1.54, 1.807) is 0 Å². The normalized spacial score (nSPS) is 24.1. The summed E-state index contributed by atoms with van der Waals surface area (Å²) in [7, 11) is 2.08. The lowest BCUT2D eigenvalue weighted by atomic mass is 9.92. The lowest BCUT2D eigenvalue weighted by molar-refractivity contribution is 0.0109. The smallest absolute Gasteiger partial charge is 0.126 e. The maximum atomic E-state index is 14.9. The first kappa shape index (κ1) is 20.8. The van der Waals surface area contributed by atoms with Crippen LogP contribution in [0.1, 0.15) is 40.5 Å². The number of rotatable bonds is 5. The molecule has 0 aromatic rings. The molecule has 0 aromatic heterocycles. The van der Waals surface area contributed by atoms with E-state index in [4.69, 9.17) is 5.73 Å². The minimum atomic E-state index is -0.967. The number of alkyl halides is 1. The van der Waals surface area contributed by atoms with Gasteiger partial charge in [-0.15, -0.1) is 0 Å². The molecule has 0 radical (unpaired) electrons. The monoisotopic (exact) mass is 330 g/mol. The number of piperidine rings is 1. The highest BCUT2D eigenvalue weighted by Crippen LogP contribution is 2.27. The van der Waals surface area contributed by atoms with Crippen molar-refractivity contribution in [3.05, 3.63) is 0 Å². The van der Waals surface area contributed by atoms with Crippen molar-refractivity contribution in [3.8, 4) is 0 Å². The van der Waals surface area contributed by atoms with E-state index in [1.165, 1.54) is 0 Å². The molecule has 2 rings (SSSR count). The molecule has 0 unspecified atom stereocenters. The summed E-state index contributed by atoms with van der Waals surface area (Å²) in [5.74, 6) is 0. The molecule has 0 spiro atoms. The van der Waals surface area contributed by atoms with Gasteiger partial charge in [0.2, 0.25) is 0 Å². The molecular formula is C18H39FN4. The molecule has 138 valence electrons. The number of hydrogen-bond donors (Lipinski definition) is 1. The summed E-state index contributed by atoms with van der Waals surface area (Å²) in [6.45, 7) is 16.7. The van der Waals surface area contributed by atoms with Gasteiger partial charge in [0.1, 0.15) is 5.67 Å². The average molecular weight is 331 g/mol. The molecule has 0 aliphatic carbocycles. The molecule has 0 amide bonds. The highest BCUT2D eigenvalue weighted by Gasteiger charge is 2.36. The van der Waals surface area contributed by atoms with E-state index in [1.807, 2.05) is 13.8 Å². The molecule has 2 aliphatic rings. The Labute approximate surface area is 143 Å². The molecule has 0 saturated carbocycles. The van der Waals surface area contributed by atoms with Crippen molar-refractivity contribution in [1.29, 1.82) is 0 Å². The molecule has 2 heterocycles. The maximum absolute atomic E-state index is 14.9. The Morgan fingerprint density at radius 1 is 0.957 bits per heavy atom. The Morgan fingerprint density at radius 3 is 1.91 bits per heavy atom. The molecule has 4 nitrogen and oxygen atoms in total. The largest absolute Gasteiger partial charge is 0.330 e. The van der Waals surface area contributed by atoms with Crippen LogP contribution in [0.25, 0.3) is 0 Å². The minimum Gasteiger partial charge on any atom is -0.330 e. The van der Waals surface area contributed by atoms with Crippen molar-refractivity contribution in [1.82, 2.24) is 14.7 Å². The third-order valence-corrected chi connectivity index (χ3v) is 5.06. The highest BCUT2D eigenvalue weighted by atomic mass is 19.1. The number of nitrogens with zero attached hydrogens (tertiary/aromatic N) is 3. The van der Waals surface area contributed by atoms with E-state index in [9.17, 15) is 4.39 Å². The van der Waals surface area contributed by atoms with E-state index in [0.717, 1.165) is 45.8 Å². The van der Waals surface area contributed by atoms with Crippen LogP contribution in [0.4, 0.5) is 4.39 Å². The van der Waals surface area contributed by atoms with E-state index in [0.29, 0.717) is 25.9 Å². The zero-order valence-corrected chi connectivity index (χ0v) is 16.1. The lowest BCUT2D eigenvalue weighted by Gasteiger charge is -2.42. The molecule has 0 atom stereocenters. The number of halogens is 1. The van der Waals surface area contributed by atoms with Crippen LogP contribution in [0.3, 0.4) is 0 Å². The molecule has 0 bridgehead atoms. The topological polar surface area (TPSA) is 35.7 Å². The van der Waals surface area contributed by atoms with Gasteiger partial charge in [0, 0.05) is 52.4 Å². The molecule has 2 N–H and O–H groups in total. The van der Waals surface area contributed by atoms with Crippen molar-refractivity contribution in [2.45, 2.75) is 46.2 Å². The number of hydrogen-bond acceptors (Lipinski definition) is 4. The van der Waals surface area contributed by atoms with Crippen LogP contribution in [0, 0.1) is 5.41 Å². The summed E-state index contributed by atoms with van der Waals surface area (Å²) in [5.41, 5.74) is 5.02. The highest BCUT2D eigenvalue weighted by molar-refractivity contribution is 4.90. The van der Waals surface area contributed by atoms with Crippen LogP contribution >= 0.6 is 0 Å². The Morgan fingerprint density at radius 2 is 1.43 bits per heavy atom. The van der Waals surface area contributed by atoms with Crippen LogP contribution in [0.5, 0.6) is 0 Å². The Hall–Kier alpha value is -0.230. The predicted molar refractivity (Wildman–Crippen MR) is 97.6 cm³/mol. The van der Waals surface area contributed by atoms with Gasteiger partial charge in [-0.05, 0) is 31.8 Å². The fourth-order valence-electron chi connectivity index (χ4n) is 3.35. The van der Waals surface area contributed by atoms with E-state index in [-0.39, 0.29) is 5.41 Å². The van der Waals surface area contributed by atoms with Gasteiger partial charge in [0.05, 0.1) is 0 Å². The first-order valence-corrected chi connectivity index (χ1v) is 9.34. The molecule has 2 fully saturated rings. The van der Waals surface area contributed by atoms with Gasteiger partial charge in [0.25, 0.3) is 0 Å². The summed E-state index contributed by atoms with van der Waals surface area (Å²) in [5, 5.41) is 0. The van der Waals surface area contributed by atoms with Gasteiger partial charge in [-0.25, -0.2) is 4.39 Å². The summed E-state index contributed by atoms with van der Waals surface area (Å²) in [6.07, 6.45) is 1.37. The number of likely N-dealkylation sites (tertiary alicyclic amines) is 1. The quantitative estimate of drug-likeness (QED) is 0.837. The minimum absolute atomic E-state index is 0.178. The fraction of sp³-hybridized carbons (Fsp3) is 1.00. The molecular weight excluding hydrogens is 291 g/mol. The van der Waals surface area contributed by atoms with Crippen molar-refractivity contribution in [2.75, 3.05) is 66.0 Å². The zero-order chi connectivity index (χ0) is 17.5. The molecule has 2 saturated heterocycles. The van der Waals surface area contributed by atoms with Gasteiger partial charge in [-0.1, -0.05) is 27.7 Å². The standard InChI is InChI=1S/C16H33FN4.C2H6/c1-15(2,12-18)13-20-8-10-21(11-9-20)14-16(17)4-6-19(3)7-5-16;1-2/h4-14,18H2,1-3H3;1-2H3. The Balaban J connectivity index is 0.00000127. The Kier molecular flexibility index (Phi) is 8.42.